The molecule has 3 fully saturated rings. The molecule has 3 aliphatic rings. The Morgan fingerprint density at radius 1 is 0.632 bits per heavy atom. The lowest BCUT2D eigenvalue weighted by molar-refractivity contribution is -0.318. The van der Waals surface area contributed by atoms with Gasteiger partial charge in [0.25, 0.3) is 0 Å². The standard InChI is InChI=1S/C35H44O22/c1-10-19(39)23(43)26(46)33(52-10)51-9-17-21(41)25(45)28(48)35(55-17)57-32-22(42)18-13(38)7-15(53-34-27(47)24(44)20(40)16(8-36)54-34)30(50-3)31(18)56-29(32)11-4-5-12(37)14(6-11)49-2/h4-7,10,16-17,19-21,23-28,33-41,43-48H,8-9H2,1-3H3/t10-,16-,17+,19-,20-,21-,23+,24-,25-,26-,27+,28-,33+,34+,35-/m0/s1. The first kappa shape index (κ1) is 42.5. The average molecular weight is 817 g/mol. The zero-order valence-corrected chi connectivity index (χ0v) is 30.3. The van der Waals surface area contributed by atoms with Crippen LogP contribution in [0.3, 0.4) is 0 Å². The number of fused-ring (bicyclic) bond motifs is 1. The number of rotatable bonds is 11. The maximum absolute atomic E-state index is 14.4. The predicted molar refractivity (Wildman–Crippen MR) is 184 cm³/mol. The molecule has 12 N–H and O–H groups in total. The van der Waals surface area contributed by atoms with Crippen LogP contribution in [0, 0.1) is 0 Å². The maximum Gasteiger partial charge on any atom is 0.239 e. The Morgan fingerprint density at radius 2 is 1.23 bits per heavy atom. The molecule has 3 aromatic rings. The summed E-state index contributed by atoms with van der Waals surface area (Å²) in [4.78, 5) is 14.4. The molecule has 15 atom stereocenters. The highest BCUT2D eigenvalue weighted by molar-refractivity contribution is 5.93. The number of hydrogen-bond acceptors (Lipinski definition) is 22. The van der Waals surface area contributed by atoms with Crippen LogP contribution >= 0.6 is 0 Å². The molecule has 0 unspecified atom stereocenters. The number of phenolic OH excluding ortho intramolecular Hbond substituents is 2. The first-order valence-electron chi connectivity index (χ1n) is 17.5. The van der Waals surface area contributed by atoms with Crippen molar-refractivity contribution < 1.29 is 104 Å². The van der Waals surface area contributed by atoms with E-state index in [1.54, 1.807) is 0 Å². The van der Waals surface area contributed by atoms with E-state index < -0.39 is 145 Å². The van der Waals surface area contributed by atoms with E-state index in [4.69, 9.17) is 42.3 Å². The number of methoxy groups -OCH3 is 2. The van der Waals surface area contributed by atoms with E-state index in [2.05, 4.69) is 0 Å². The van der Waals surface area contributed by atoms with Gasteiger partial charge in [-0.25, -0.2) is 0 Å². The third-order valence-electron chi connectivity index (χ3n) is 9.90. The Kier molecular flexibility index (Phi) is 12.7. The highest BCUT2D eigenvalue weighted by Crippen LogP contribution is 2.45. The number of ether oxygens (including phenoxy) is 8. The molecule has 6 rings (SSSR count). The summed E-state index contributed by atoms with van der Waals surface area (Å²) < 4.78 is 50.4. The minimum atomic E-state index is -2.06. The molecule has 22 nitrogen and oxygen atoms in total. The van der Waals surface area contributed by atoms with E-state index in [0.717, 1.165) is 13.2 Å². The minimum Gasteiger partial charge on any atom is -0.507 e. The summed E-state index contributed by atoms with van der Waals surface area (Å²) >= 11 is 0. The summed E-state index contributed by atoms with van der Waals surface area (Å²) in [6.07, 6.45) is -25.4. The molecule has 57 heavy (non-hydrogen) atoms. The fourth-order valence-electron chi connectivity index (χ4n) is 6.58. The third kappa shape index (κ3) is 7.90. The Hall–Kier alpha value is -4.11. The fraction of sp³-hybridized carbons (Fsp3) is 0.571. The SMILES string of the molecule is COc1cc(-c2oc3c(OC)c(O[C@@H]4O[C@@H](CO)[C@H](O)[C@H](O)[C@H]4O)cc(O)c3c(=O)c2O[C@@H]2O[C@H](CO[C@@H]3O[C@@H](C)[C@H](O)[C@@H](O)[C@@H]3O)[C@H](O)[C@H](O)[C@@H]2O)ccc1O. The van der Waals surface area contributed by atoms with Gasteiger partial charge in [0.15, 0.2) is 34.9 Å². The monoisotopic (exact) mass is 816 g/mol. The van der Waals surface area contributed by atoms with Gasteiger partial charge >= 0.3 is 0 Å². The molecule has 0 spiro atoms. The molecular formula is C35H44O22. The molecule has 3 aliphatic heterocycles. The van der Waals surface area contributed by atoms with Crippen LogP contribution in [0.4, 0.5) is 0 Å². The van der Waals surface area contributed by atoms with Crippen LogP contribution in [-0.2, 0) is 18.9 Å². The Labute approximate surface area is 321 Å². The molecule has 0 aliphatic carbocycles. The van der Waals surface area contributed by atoms with Crippen LogP contribution in [0.15, 0.2) is 33.5 Å². The first-order chi connectivity index (χ1) is 27.0. The largest absolute Gasteiger partial charge is 0.507 e. The third-order valence-corrected chi connectivity index (χ3v) is 9.90. The van der Waals surface area contributed by atoms with Crippen molar-refractivity contribution in [1.29, 1.82) is 0 Å². The summed E-state index contributed by atoms with van der Waals surface area (Å²) in [5, 5.41) is 125. The second-order valence-electron chi connectivity index (χ2n) is 13.6. The zero-order chi connectivity index (χ0) is 41.6. The molecule has 2 aromatic carbocycles. The first-order valence-corrected chi connectivity index (χ1v) is 17.5. The molecule has 0 amide bonds. The number of benzene rings is 2. The van der Waals surface area contributed by atoms with Gasteiger partial charge in [0.1, 0.15) is 78.3 Å². The minimum absolute atomic E-state index is 0.0236. The van der Waals surface area contributed by atoms with Crippen LogP contribution < -0.4 is 24.4 Å². The lowest BCUT2D eigenvalue weighted by Gasteiger charge is -2.42. The molecule has 22 heteroatoms. The zero-order valence-electron chi connectivity index (χ0n) is 30.3. The molecule has 0 radical (unpaired) electrons. The Morgan fingerprint density at radius 3 is 1.86 bits per heavy atom. The van der Waals surface area contributed by atoms with Crippen molar-refractivity contribution in [3.63, 3.8) is 0 Å². The molecule has 3 saturated heterocycles. The quantitative estimate of drug-likeness (QED) is 0.0880. The summed E-state index contributed by atoms with van der Waals surface area (Å²) in [7, 11) is 2.36. The van der Waals surface area contributed by atoms with E-state index in [0.29, 0.717) is 0 Å². The van der Waals surface area contributed by atoms with Gasteiger partial charge in [-0.3, -0.25) is 4.79 Å². The maximum atomic E-state index is 14.4. The fourth-order valence-corrected chi connectivity index (χ4v) is 6.58. The van der Waals surface area contributed by atoms with Crippen molar-refractivity contribution in [2.75, 3.05) is 27.4 Å². The lowest BCUT2D eigenvalue weighted by atomic mass is 9.98. The van der Waals surface area contributed by atoms with Gasteiger partial charge in [-0.15, -0.1) is 0 Å². The Bertz CT molecular complexity index is 1940. The van der Waals surface area contributed by atoms with Crippen molar-refractivity contribution in [3.8, 4) is 45.8 Å². The predicted octanol–water partition coefficient (Wildman–Crippen LogP) is -3.90. The van der Waals surface area contributed by atoms with E-state index >= 15 is 0 Å². The molecule has 4 heterocycles. The van der Waals surface area contributed by atoms with Crippen LogP contribution in [0.1, 0.15) is 6.92 Å². The van der Waals surface area contributed by atoms with Crippen LogP contribution in [0.2, 0.25) is 0 Å². The van der Waals surface area contributed by atoms with E-state index in [-0.39, 0.29) is 22.8 Å². The number of aromatic hydroxyl groups is 2. The van der Waals surface area contributed by atoms with Gasteiger partial charge in [0.2, 0.25) is 29.5 Å². The van der Waals surface area contributed by atoms with Crippen LogP contribution in [-0.4, -0.2) is 181 Å². The number of aliphatic hydroxyl groups is 10. The second kappa shape index (κ2) is 17.0. The van der Waals surface area contributed by atoms with E-state index in [1.807, 2.05) is 0 Å². The summed E-state index contributed by atoms with van der Waals surface area (Å²) in [6.45, 7) is -0.0346. The molecule has 0 bridgehead atoms. The van der Waals surface area contributed by atoms with Crippen molar-refractivity contribution >= 4 is 11.0 Å². The van der Waals surface area contributed by atoms with Gasteiger partial charge in [0, 0.05) is 11.6 Å². The summed E-state index contributed by atoms with van der Waals surface area (Å²) in [6, 6.07) is 4.53. The van der Waals surface area contributed by atoms with E-state index in [9.17, 15) is 66.1 Å². The van der Waals surface area contributed by atoms with Crippen molar-refractivity contribution in [3.05, 3.63) is 34.5 Å². The van der Waals surface area contributed by atoms with Gasteiger partial charge in [-0.05, 0) is 25.1 Å². The van der Waals surface area contributed by atoms with Gasteiger partial charge in [-0.2, -0.15) is 0 Å². The number of phenols is 2. The second-order valence-corrected chi connectivity index (χ2v) is 13.6. The van der Waals surface area contributed by atoms with Crippen molar-refractivity contribution in [1.82, 2.24) is 0 Å². The van der Waals surface area contributed by atoms with E-state index in [1.165, 1.54) is 32.2 Å². The number of hydrogen-bond donors (Lipinski definition) is 12. The van der Waals surface area contributed by atoms with Gasteiger partial charge < -0.3 is 104 Å². The lowest BCUT2D eigenvalue weighted by Crippen LogP contribution is -2.61. The summed E-state index contributed by atoms with van der Waals surface area (Å²) in [5.74, 6) is -3.33. The van der Waals surface area contributed by atoms with Crippen molar-refractivity contribution in [2.45, 2.75) is 99.0 Å². The molecule has 0 saturated carbocycles. The summed E-state index contributed by atoms with van der Waals surface area (Å²) in [5.41, 5.74) is -1.67. The molecule has 1 aromatic heterocycles. The van der Waals surface area contributed by atoms with Crippen molar-refractivity contribution in [2.24, 2.45) is 0 Å². The molecular weight excluding hydrogens is 772 g/mol. The Balaban J connectivity index is 1.40. The smallest absolute Gasteiger partial charge is 0.239 e. The average Bonchev–Trinajstić information content (AvgIpc) is 3.19. The molecule has 316 valence electrons. The van der Waals surface area contributed by atoms with Gasteiger partial charge in [0.05, 0.1) is 33.5 Å². The number of aliphatic hydroxyl groups excluding tert-OH is 10. The topological polar surface area (TPSA) is 347 Å². The normalized spacial score (nSPS) is 35.8. The highest BCUT2D eigenvalue weighted by atomic mass is 16.7. The van der Waals surface area contributed by atoms with Crippen LogP contribution in [0.25, 0.3) is 22.3 Å². The van der Waals surface area contributed by atoms with Gasteiger partial charge in [-0.1, -0.05) is 0 Å². The highest BCUT2D eigenvalue weighted by Gasteiger charge is 2.49. The van der Waals surface area contributed by atoms with Crippen LogP contribution in [0.5, 0.6) is 34.5 Å².